The quantitative estimate of drug-likeness (QED) is 0.693. The Balaban J connectivity index is 1.72. The summed E-state index contributed by atoms with van der Waals surface area (Å²) in [5, 5.41) is 3.34. The minimum Gasteiger partial charge on any atom is -0.350 e. The Labute approximate surface area is 168 Å². The topological polar surface area (TPSA) is 59.3 Å². The van der Waals surface area contributed by atoms with Crippen molar-refractivity contribution in [1.29, 1.82) is 0 Å². The molecule has 0 bridgehead atoms. The molecule has 28 heavy (non-hydrogen) atoms. The van der Waals surface area contributed by atoms with E-state index in [-0.39, 0.29) is 16.6 Å². The Bertz CT molecular complexity index is 1100. The van der Waals surface area contributed by atoms with Gasteiger partial charge in [0.1, 0.15) is 11.7 Å². The Morgan fingerprint density at radius 2 is 1.61 bits per heavy atom. The molecule has 0 saturated carbocycles. The first-order valence-corrected chi connectivity index (χ1v) is 9.42. The summed E-state index contributed by atoms with van der Waals surface area (Å²) in [5.41, 5.74) is 2.46. The van der Waals surface area contributed by atoms with Crippen LogP contribution in [0, 0.1) is 6.92 Å². The fourth-order valence-corrected chi connectivity index (χ4v) is 3.87. The van der Waals surface area contributed by atoms with Crippen LogP contribution in [0.4, 0.5) is 5.69 Å². The van der Waals surface area contributed by atoms with E-state index in [4.69, 9.17) is 12.2 Å². The summed E-state index contributed by atoms with van der Waals surface area (Å²) in [6.45, 7) is 1.82. The zero-order valence-electron chi connectivity index (χ0n) is 15.6. The van der Waals surface area contributed by atoms with Crippen LogP contribution in [0.5, 0.6) is 0 Å². The fraction of sp³-hybridized carbons (Fsp3) is 0.190. The third-order valence-electron chi connectivity index (χ3n) is 5.05. The minimum atomic E-state index is -0.487. The predicted molar refractivity (Wildman–Crippen MR) is 113 cm³/mol. The lowest BCUT2D eigenvalue weighted by atomic mass is 10.1. The second kappa shape index (κ2) is 7.09. The largest absolute Gasteiger partial charge is 0.350 e. The van der Waals surface area contributed by atoms with Crippen LogP contribution in [-0.2, 0) is 18.3 Å². The van der Waals surface area contributed by atoms with Crippen molar-refractivity contribution in [2.45, 2.75) is 19.4 Å². The van der Waals surface area contributed by atoms with Gasteiger partial charge in [-0.25, -0.2) is 9.58 Å². The van der Waals surface area contributed by atoms with E-state index in [0.29, 0.717) is 17.8 Å². The lowest BCUT2D eigenvalue weighted by Crippen LogP contribution is -2.36. The van der Waals surface area contributed by atoms with E-state index in [9.17, 15) is 9.59 Å². The summed E-state index contributed by atoms with van der Waals surface area (Å²) >= 11 is 5.42. The van der Waals surface area contributed by atoms with Gasteiger partial charge in [-0.2, -0.15) is 0 Å². The molecule has 1 atom stereocenters. The van der Waals surface area contributed by atoms with E-state index in [1.54, 1.807) is 16.4 Å². The molecular formula is C21H20N4O2S. The zero-order chi connectivity index (χ0) is 19.8. The average molecular weight is 392 g/mol. The fourth-order valence-electron chi connectivity index (χ4n) is 3.54. The molecule has 1 fully saturated rings. The van der Waals surface area contributed by atoms with E-state index in [1.807, 2.05) is 67.6 Å². The van der Waals surface area contributed by atoms with Crippen LogP contribution in [-0.4, -0.2) is 26.4 Å². The van der Waals surface area contributed by atoms with Crippen molar-refractivity contribution in [1.82, 2.24) is 14.7 Å². The summed E-state index contributed by atoms with van der Waals surface area (Å²) in [4.78, 5) is 27.7. The van der Waals surface area contributed by atoms with Crippen molar-refractivity contribution in [2.24, 2.45) is 7.05 Å². The van der Waals surface area contributed by atoms with E-state index < -0.39 is 6.04 Å². The third kappa shape index (κ3) is 2.93. The second-order valence-corrected chi connectivity index (χ2v) is 7.16. The summed E-state index contributed by atoms with van der Waals surface area (Å²) < 4.78 is 3.29. The molecule has 142 valence electrons. The van der Waals surface area contributed by atoms with E-state index in [1.165, 1.54) is 4.90 Å². The van der Waals surface area contributed by atoms with Gasteiger partial charge in [-0.15, -0.1) is 0 Å². The first kappa shape index (κ1) is 18.2. The van der Waals surface area contributed by atoms with E-state index in [2.05, 4.69) is 5.32 Å². The lowest BCUT2D eigenvalue weighted by molar-refractivity contribution is -0.118. The number of aromatic nitrogens is 2. The maximum Gasteiger partial charge on any atom is 0.296 e. The molecule has 1 aliphatic heterocycles. The number of amides is 1. The molecule has 2 aromatic carbocycles. The number of carbonyl (C=O) groups is 1. The molecule has 2 heterocycles. The SMILES string of the molecule is Cc1c(N2C(=O)[C@H](Cc3ccccc3)NC2=S)c(=O)n(-c2ccccc2)n1C. The number of para-hydroxylation sites is 1. The highest BCUT2D eigenvalue weighted by Gasteiger charge is 2.39. The lowest BCUT2D eigenvalue weighted by Gasteiger charge is -2.13. The molecule has 0 radical (unpaired) electrons. The van der Waals surface area contributed by atoms with Crippen LogP contribution in [0.3, 0.4) is 0 Å². The van der Waals surface area contributed by atoms with Crippen molar-refractivity contribution >= 4 is 28.9 Å². The molecule has 1 N–H and O–H groups in total. The van der Waals surface area contributed by atoms with E-state index >= 15 is 0 Å². The normalized spacial score (nSPS) is 16.5. The highest BCUT2D eigenvalue weighted by Crippen LogP contribution is 2.23. The molecule has 0 spiro atoms. The van der Waals surface area contributed by atoms with Crippen LogP contribution in [0.1, 0.15) is 11.3 Å². The summed E-state index contributed by atoms with van der Waals surface area (Å²) in [6.07, 6.45) is 0.509. The minimum absolute atomic E-state index is 0.208. The van der Waals surface area contributed by atoms with Gasteiger partial charge in [-0.1, -0.05) is 48.5 Å². The first-order valence-electron chi connectivity index (χ1n) is 9.01. The molecule has 7 heteroatoms. The van der Waals surface area contributed by atoms with Crippen LogP contribution in [0.2, 0.25) is 0 Å². The maximum atomic E-state index is 13.2. The van der Waals surface area contributed by atoms with Gasteiger partial charge in [-0.3, -0.25) is 14.3 Å². The number of nitrogens with one attached hydrogen (secondary N) is 1. The molecule has 1 aromatic heterocycles. The Hall–Kier alpha value is -3.19. The monoisotopic (exact) mass is 392 g/mol. The predicted octanol–water partition coefficient (Wildman–Crippen LogP) is 2.32. The molecule has 0 aliphatic carbocycles. The molecule has 0 unspecified atom stereocenters. The number of anilines is 1. The van der Waals surface area contributed by atoms with Crippen molar-refractivity contribution in [3.63, 3.8) is 0 Å². The van der Waals surface area contributed by atoms with Gasteiger partial charge < -0.3 is 5.32 Å². The smallest absolute Gasteiger partial charge is 0.296 e. The Kier molecular flexibility index (Phi) is 4.60. The number of carbonyl (C=O) groups excluding carboxylic acids is 1. The number of nitrogens with zero attached hydrogens (tertiary/aromatic N) is 3. The Morgan fingerprint density at radius 1 is 1.00 bits per heavy atom. The van der Waals surface area contributed by atoms with Gasteiger partial charge in [-0.05, 0) is 36.8 Å². The molecule has 4 rings (SSSR count). The number of benzene rings is 2. The van der Waals surface area contributed by atoms with Crippen LogP contribution in [0.25, 0.3) is 5.69 Å². The average Bonchev–Trinajstić information content (AvgIpc) is 3.09. The van der Waals surface area contributed by atoms with E-state index in [0.717, 1.165) is 11.3 Å². The van der Waals surface area contributed by atoms with Crippen molar-refractivity contribution < 1.29 is 4.79 Å². The van der Waals surface area contributed by atoms with Crippen molar-refractivity contribution in [2.75, 3.05) is 4.90 Å². The number of hydrogen-bond donors (Lipinski definition) is 1. The van der Waals surface area contributed by atoms with Crippen LogP contribution < -0.4 is 15.8 Å². The number of hydrogen-bond acceptors (Lipinski definition) is 3. The van der Waals surface area contributed by atoms with Gasteiger partial charge >= 0.3 is 0 Å². The number of thiocarbonyl (C=S) groups is 1. The molecule has 1 saturated heterocycles. The zero-order valence-corrected chi connectivity index (χ0v) is 16.4. The van der Waals surface area contributed by atoms with Gasteiger partial charge in [0, 0.05) is 13.5 Å². The standard InChI is InChI=1S/C21H20N4O2S/c1-14-18(20(27)25(23(14)2)16-11-7-4-8-12-16)24-19(26)17(22-21(24)28)13-15-9-5-3-6-10-15/h3-12,17H,13H2,1-2H3,(H,22,28)/t17-/m0/s1. The summed E-state index contributed by atoms with van der Waals surface area (Å²) in [6, 6.07) is 18.6. The summed E-state index contributed by atoms with van der Waals surface area (Å²) in [5.74, 6) is -0.208. The van der Waals surface area contributed by atoms with Crippen LogP contribution >= 0.6 is 12.2 Å². The molecule has 3 aromatic rings. The maximum absolute atomic E-state index is 13.2. The van der Waals surface area contributed by atoms with Gasteiger partial charge in [0.2, 0.25) is 0 Å². The Morgan fingerprint density at radius 3 is 2.25 bits per heavy atom. The highest BCUT2D eigenvalue weighted by atomic mass is 32.1. The molecular weight excluding hydrogens is 372 g/mol. The number of rotatable bonds is 4. The second-order valence-electron chi connectivity index (χ2n) is 6.78. The third-order valence-corrected chi connectivity index (χ3v) is 5.35. The summed E-state index contributed by atoms with van der Waals surface area (Å²) in [7, 11) is 1.80. The van der Waals surface area contributed by atoms with Gasteiger partial charge in [0.25, 0.3) is 11.5 Å². The first-order chi connectivity index (χ1) is 13.5. The highest BCUT2D eigenvalue weighted by molar-refractivity contribution is 7.80. The molecule has 1 aliphatic rings. The van der Waals surface area contributed by atoms with Crippen molar-refractivity contribution in [3.05, 3.63) is 82.3 Å². The van der Waals surface area contributed by atoms with Gasteiger partial charge in [0.15, 0.2) is 5.11 Å². The molecule has 6 nitrogen and oxygen atoms in total. The van der Waals surface area contributed by atoms with Crippen molar-refractivity contribution in [3.8, 4) is 5.69 Å². The van der Waals surface area contributed by atoms with Crippen LogP contribution in [0.15, 0.2) is 65.5 Å². The van der Waals surface area contributed by atoms with Gasteiger partial charge in [0.05, 0.1) is 11.4 Å². The molecule has 1 amide bonds.